The summed E-state index contributed by atoms with van der Waals surface area (Å²) in [7, 11) is 5.14. The molecule has 0 spiro atoms. The van der Waals surface area contributed by atoms with E-state index in [2.05, 4.69) is 4.90 Å². The van der Waals surface area contributed by atoms with Crippen LogP contribution in [0.4, 0.5) is 0 Å². The number of methoxy groups -OCH3 is 4. The van der Waals surface area contributed by atoms with Gasteiger partial charge in [-0.2, -0.15) is 0 Å². The van der Waals surface area contributed by atoms with Crippen LogP contribution in [-0.4, -0.2) is 121 Å². The molecule has 0 bridgehead atoms. The van der Waals surface area contributed by atoms with Crippen molar-refractivity contribution in [2.45, 2.75) is 51.9 Å². The van der Waals surface area contributed by atoms with Gasteiger partial charge in [-0.25, -0.2) is 0 Å². The van der Waals surface area contributed by atoms with Crippen LogP contribution in [0, 0.1) is 0 Å². The molecule has 0 saturated carbocycles. The van der Waals surface area contributed by atoms with E-state index < -0.39 is 23.9 Å². The Bertz CT molecular complexity index is 1670. The molecule has 0 aliphatic carbocycles. The predicted molar refractivity (Wildman–Crippen MR) is 202 cm³/mol. The number of carbonyl (C=O) groups excluding carboxylic acids is 4. The van der Waals surface area contributed by atoms with E-state index in [0.29, 0.717) is 60.4 Å². The number of esters is 4. The summed E-state index contributed by atoms with van der Waals surface area (Å²) in [6, 6.07) is 14.9. The molecule has 0 radical (unpaired) electrons. The number of rotatable bonds is 24. The van der Waals surface area contributed by atoms with Crippen LogP contribution in [-0.2, 0) is 64.3 Å². The molecular formula is C40H51N5O11. The third kappa shape index (κ3) is 14.3. The fraction of sp³-hybridized carbons (Fsp3) is 0.450. The molecule has 16 heteroatoms. The summed E-state index contributed by atoms with van der Waals surface area (Å²) in [6.07, 6.45) is 6.51. The minimum Gasteiger partial charge on any atom is -0.468 e. The minimum absolute atomic E-state index is 0.133. The van der Waals surface area contributed by atoms with E-state index in [1.54, 1.807) is 34.5 Å². The lowest BCUT2D eigenvalue weighted by atomic mass is 10.1. The van der Waals surface area contributed by atoms with Gasteiger partial charge in [0.25, 0.3) is 0 Å². The number of carbonyl (C=O) groups is 4. The molecule has 0 unspecified atom stereocenters. The van der Waals surface area contributed by atoms with Gasteiger partial charge in [-0.3, -0.25) is 43.8 Å². The molecule has 0 amide bonds. The molecule has 0 aliphatic heterocycles. The zero-order chi connectivity index (χ0) is 40.3. The maximum atomic E-state index is 12.3. The Morgan fingerprint density at radius 1 is 0.554 bits per heavy atom. The molecule has 0 fully saturated rings. The number of hydrogen-bond donors (Lipinski definition) is 1. The lowest BCUT2D eigenvalue weighted by Gasteiger charge is -2.24. The number of hydrogen-bond acceptors (Lipinski definition) is 16. The third-order valence-corrected chi connectivity index (χ3v) is 8.72. The first-order valence-electron chi connectivity index (χ1n) is 18.3. The van der Waals surface area contributed by atoms with Gasteiger partial charge in [0.1, 0.15) is 11.5 Å². The van der Waals surface area contributed by atoms with Crippen molar-refractivity contribution >= 4 is 23.9 Å². The van der Waals surface area contributed by atoms with Gasteiger partial charge in [-0.1, -0.05) is 12.8 Å². The topological polar surface area (TPSA) is 187 Å². The van der Waals surface area contributed by atoms with Gasteiger partial charge in [0.15, 0.2) is 0 Å². The van der Waals surface area contributed by atoms with Crippen LogP contribution in [0.3, 0.4) is 0 Å². The SMILES string of the molecule is COC(=O)CN(CC(=O)OC)Cc1cc(-c2ccco2)cc(CN(CCCCCCO)Cc2cc(-c3ccco3)cc(CN(CC(=O)OC)CC(=O)OC)n2)n1. The van der Waals surface area contributed by atoms with Crippen molar-refractivity contribution in [2.75, 3.05) is 67.8 Å². The summed E-state index contributed by atoms with van der Waals surface area (Å²) in [5.74, 6) is -0.785. The number of aromatic nitrogens is 2. The van der Waals surface area contributed by atoms with Crippen LogP contribution in [0.25, 0.3) is 22.6 Å². The summed E-state index contributed by atoms with van der Waals surface area (Å²) in [6.45, 7) is 1.30. The first-order chi connectivity index (χ1) is 27.1. The second-order valence-corrected chi connectivity index (χ2v) is 13.1. The number of furan rings is 2. The Labute approximate surface area is 326 Å². The van der Waals surface area contributed by atoms with Crippen molar-refractivity contribution in [2.24, 2.45) is 0 Å². The summed E-state index contributed by atoms with van der Waals surface area (Å²) in [4.78, 5) is 64.4. The maximum absolute atomic E-state index is 12.3. The highest BCUT2D eigenvalue weighted by atomic mass is 16.5. The maximum Gasteiger partial charge on any atom is 0.319 e. The average Bonchev–Trinajstić information content (AvgIpc) is 3.93. The zero-order valence-electron chi connectivity index (χ0n) is 32.4. The van der Waals surface area contributed by atoms with Crippen molar-refractivity contribution in [3.63, 3.8) is 0 Å². The van der Waals surface area contributed by atoms with Gasteiger partial charge < -0.3 is 32.9 Å². The molecule has 16 nitrogen and oxygen atoms in total. The first-order valence-corrected chi connectivity index (χ1v) is 18.3. The van der Waals surface area contributed by atoms with E-state index >= 15 is 0 Å². The molecule has 0 aromatic carbocycles. The molecule has 56 heavy (non-hydrogen) atoms. The quantitative estimate of drug-likeness (QED) is 0.0614. The van der Waals surface area contributed by atoms with Crippen molar-refractivity contribution in [1.82, 2.24) is 24.7 Å². The van der Waals surface area contributed by atoms with Crippen LogP contribution in [0.2, 0.25) is 0 Å². The molecule has 4 aromatic rings. The van der Waals surface area contributed by atoms with Crippen LogP contribution in [0.5, 0.6) is 0 Å². The number of aliphatic hydroxyl groups is 1. The van der Waals surface area contributed by atoms with Crippen LogP contribution >= 0.6 is 0 Å². The highest BCUT2D eigenvalue weighted by molar-refractivity contribution is 5.75. The summed E-state index contributed by atoms with van der Waals surface area (Å²) in [5, 5.41) is 9.35. The number of ether oxygens (including phenoxy) is 4. The van der Waals surface area contributed by atoms with E-state index in [0.717, 1.165) is 30.4 Å². The second kappa shape index (κ2) is 22.8. The number of pyridine rings is 2. The Hall–Kier alpha value is -5.42. The summed E-state index contributed by atoms with van der Waals surface area (Å²) in [5.41, 5.74) is 4.16. The Balaban J connectivity index is 1.70. The smallest absolute Gasteiger partial charge is 0.319 e. The van der Waals surface area contributed by atoms with Gasteiger partial charge >= 0.3 is 23.9 Å². The van der Waals surface area contributed by atoms with E-state index in [-0.39, 0.29) is 45.9 Å². The summed E-state index contributed by atoms with van der Waals surface area (Å²) < 4.78 is 31.0. The van der Waals surface area contributed by atoms with E-state index in [1.165, 1.54) is 28.4 Å². The molecule has 1 N–H and O–H groups in total. The predicted octanol–water partition coefficient (Wildman–Crippen LogP) is 3.85. The normalized spacial score (nSPS) is 11.3. The van der Waals surface area contributed by atoms with Gasteiger partial charge in [-0.15, -0.1) is 0 Å². The molecule has 0 aliphatic rings. The van der Waals surface area contributed by atoms with Gasteiger partial charge in [0, 0.05) is 43.9 Å². The van der Waals surface area contributed by atoms with Gasteiger partial charge in [0.05, 0.1) is 89.9 Å². The first kappa shape index (κ1) is 43.3. The molecule has 4 aromatic heterocycles. The number of nitrogens with zero attached hydrogens (tertiary/aromatic N) is 5. The second-order valence-electron chi connectivity index (χ2n) is 13.1. The fourth-order valence-electron chi connectivity index (χ4n) is 6.05. The van der Waals surface area contributed by atoms with Crippen LogP contribution < -0.4 is 0 Å². The third-order valence-electron chi connectivity index (χ3n) is 8.72. The molecular weight excluding hydrogens is 726 g/mol. The molecule has 0 saturated heterocycles. The highest BCUT2D eigenvalue weighted by Gasteiger charge is 2.21. The Kier molecular flexibility index (Phi) is 17.7. The minimum atomic E-state index is -0.508. The average molecular weight is 778 g/mol. The lowest BCUT2D eigenvalue weighted by Crippen LogP contribution is -2.35. The lowest BCUT2D eigenvalue weighted by molar-refractivity contribution is -0.147. The summed E-state index contributed by atoms with van der Waals surface area (Å²) >= 11 is 0. The molecule has 4 rings (SSSR count). The monoisotopic (exact) mass is 777 g/mol. The van der Waals surface area contributed by atoms with Crippen molar-refractivity contribution in [3.05, 3.63) is 83.8 Å². The Morgan fingerprint density at radius 2 is 0.911 bits per heavy atom. The van der Waals surface area contributed by atoms with E-state index in [1.807, 2.05) is 36.4 Å². The fourth-order valence-corrected chi connectivity index (χ4v) is 6.05. The van der Waals surface area contributed by atoms with Crippen molar-refractivity contribution < 1.29 is 52.1 Å². The van der Waals surface area contributed by atoms with E-state index in [9.17, 15) is 24.3 Å². The molecule has 0 atom stereocenters. The zero-order valence-corrected chi connectivity index (χ0v) is 32.4. The number of aliphatic hydroxyl groups excluding tert-OH is 1. The van der Waals surface area contributed by atoms with Gasteiger partial charge in [0.2, 0.25) is 0 Å². The Morgan fingerprint density at radius 3 is 1.23 bits per heavy atom. The standard InChI is InChI=1S/C40H51N5O11/c1-51-37(47)25-44(26-38(48)52-2)23-33-19-29(35-11-9-15-55-35)17-31(41-33)21-43(13-7-5-6-8-14-46)22-32-18-30(36-12-10-16-56-36)20-34(42-32)24-45(27-39(49)53-3)28-40(50)54-4/h9-12,15-20,46H,5-8,13-14,21-28H2,1-4H3. The van der Waals surface area contributed by atoms with Crippen LogP contribution in [0.15, 0.2) is 69.9 Å². The largest absolute Gasteiger partial charge is 0.468 e. The van der Waals surface area contributed by atoms with E-state index in [4.69, 9.17) is 37.7 Å². The molecule has 302 valence electrons. The van der Waals surface area contributed by atoms with Crippen molar-refractivity contribution in [3.8, 4) is 22.6 Å². The number of unbranched alkanes of at least 4 members (excludes halogenated alkanes) is 3. The van der Waals surface area contributed by atoms with Gasteiger partial charge in [-0.05, 0) is 67.9 Å². The highest BCUT2D eigenvalue weighted by Crippen LogP contribution is 2.26. The molecule has 4 heterocycles. The van der Waals surface area contributed by atoms with Crippen molar-refractivity contribution in [1.29, 1.82) is 0 Å². The van der Waals surface area contributed by atoms with Crippen LogP contribution in [0.1, 0.15) is 48.5 Å².